The first kappa shape index (κ1) is 26.3. The van der Waals surface area contributed by atoms with E-state index in [9.17, 15) is 0 Å². The van der Waals surface area contributed by atoms with Gasteiger partial charge in [0.1, 0.15) is 0 Å². The molecule has 0 aliphatic carbocycles. The summed E-state index contributed by atoms with van der Waals surface area (Å²) in [6.45, 7) is 0. The molecule has 0 N–H and O–H groups in total. The number of benzene rings is 8. The summed E-state index contributed by atoms with van der Waals surface area (Å²) in [4.78, 5) is 2.36. The molecule has 2 heteroatoms. The van der Waals surface area contributed by atoms with Gasteiger partial charge in [-0.3, -0.25) is 0 Å². The summed E-state index contributed by atoms with van der Waals surface area (Å²) >= 11 is 0. The van der Waals surface area contributed by atoms with Crippen molar-refractivity contribution >= 4 is 60.4 Å². The maximum atomic E-state index is 2.43. The monoisotopic (exact) mass is 586 g/mol. The van der Waals surface area contributed by atoms with Gasteiger partial charge in [0.15, 0.2) is 0 Å². The van der Waals surface area contributed by atoms with E-state index in [-0.39, 0.29) is 0 Å². The lowest BCUT2D eigenvalue weighted by atomic mass is 10.0. The molecule has 0 atom stereocenters. The smallest absolute Gasteiger partial charge is 0.0547 e. The maximum Gasteiger partial charge on any atom is 0.0547 e. The standard InChI is InChI=1S/C44H30N2/c1-3-11-31(12-4-1)33-19-22-38(23-20-33)45(37-17-5-2-6-18-37)40-25-26-43-42(30-40)41-28-35-15-9-10-16-36(35)29-44(41)46(43)39-24-21-32-13-7-8-14-34(32)27-39/h1-30H. The van der Waals surface area contributed by atoms with Crippen molar-refractivity contribution in [1.82, 2.24) is 4.57 Å². The van der Waals surface area contributed by atoms with Crippen LogP contribution in [-0.4, -0.2) is 4.57 Å². The fourth-order valence-corrected chi connectivity index (χ4v) is 6.88. The first-order chi connectivity index (χ1) is 22.8. The molecule has 46 heavy (non-hydrogen) atoms. The molecule has 0 spiro atoms. The summed E-state index contributed by atoms with van der Waals surface area (Å²) in [6, 6.07) is 65.8. The van der Waals surface area contributed by atoms with Gasteiger partial charge in [-0.2, -0.15) is 0 Å². The Morgan fingerprint density at radius 1 is 0.326 bits per heavy atom. The van der Waals surface area contributed by atoms with E-state index in [1.165, 1.54) is 54.5 Å². The third-order valence-electron chi connectivity index (χ3n) is 9.11. The molecule has 0 saturated carbocycles. The number of fused-ring (bicyclic) bond motifs is 5. The summed E-state index contributed by atoms with van der Waals surface area (Å²) in [5, 5.41) is 7.45. The van der Waals surface area contributed by atoms with Gasteiger partial charge in [0.05, 0.1) is 11.0 Å². The topological polar surface area (TPSA) is 8.17 Å². The van der Waals surface area contributed by atoms with Gasteiger partial charge in [0, 0.05) is 33.5 Å². The second-order valence-corrected chi connectivity index (χ2v) is 11.9. The van der Waals surface area contributed by atoms with Crippen molar-refractivity contribution < 1.29 is 0 Å². The van der Waals surface area contributed by atoms with Crippen LogP contribution in [0.5, 0.6) is 0 Å². The van der Waals surface area contributed by atoms with Crippen molar-refractivity contribution in [3.8, 4) is 16.8 Å². The molecule has 1 heterocycles. The predicted molar refractivity (Wildman–Crippen MR) is 196 cm³/mol. The molecule has 0 aliphatic heterocycles. The number of anilines is 3. The van der Waals surface area contributed by atoms with Crippen LogP contribution < -0.4 is 4.90 Å². The summed E-state index contributed by atoms with van der Waals surface area (Å²) in [7, 11) is 0. The van der Waals surface area contributed by atoms with Crippen LogP contribution in [0.1, 0.15) is 0 Å². The van der Waals surface area contributed by atoms with E-state index in [0.717, 1.165) is 22.7 Å². The molecule has 0 amide bonds. The zero-order valence-corrected chi connectivity index (χ0v) is 25.2. The molecule has 0 unspecified atom stereocenters. The van der Waals surface area contributed by atoms with Gasteiger partial charge in [0.2, 0.25) is 0 Å². The Balaban J connectivity index is 1.27. The van der Waals surface area contributed by atoms with Crippen molar-refractivity contribution in [3.05, 3.63) is 182 Å². The Hall–Kier alpha value is -6.12. The quantitative estimate of drug-likeness (QED) is 0.195. The molecule has 0 saturated heterocycles. The summed E-state index contributed by atoms with van der Waals surface area (Å²) in [5.74, 6) is 0. The fourth-order valence-electron chi connectivity index (χ4n) is 6.88. The van der Waals surface area contributed by atoms with E-state index in [1.54, 1.807) is 0 Å². The number of aromatic nitrogens is 1. The van der Waals surface area contributed by atoms with E-state index < -0.39 is 0 Å². The minimum Gasteiger partial charge on any atom is -0.310 e. The number of hydrogen-bond donors (Lipinski definition) is 0. The third-order valence-corrected chi connectivity index (χ3v) is 9.11. The predicted octanol–water partition coefficient (Wildman–Crippen LogP) is 12.2. The average Bonchev–Trinajstić information content (AvgIpc) is 3.44. The van der Waals surface area contributed by atoms with Crippen molar-refractivity contribution in [2.75, 3.05) is 4.90 Å². The molecule has 1 aromatic heterocycles. The molecule has 0 bridgehead atoms. The van der Waals surface area contributed by atoms with Gasteiger partial charge < -0.3 is 9.47 Å². The van der Waals surface area contributed by atoms with Crippen molar-refractivity contribution in [1.29, 1.82) is 0 Å². The Morgan fingerprint density at radius 2 is 0.870 bits per heavy atom. The molecule has 0 radical (unpaired) electrons. The van der Waals surface area contributed by atoms with Gasteiger partial charge in [0.25, 0.3) is 0 Å². The molecule has 216 valence electrons. The number of hydrogen-bond acceptors (Lipinski definition) is 1. The highest BCUT2D eigenvalue weighted by molar-refractivity contribution is 6.14. The second kappa shape index (κ2) is 10.8. The SMILES string of the molecule is c1ccc(-c2ccc(N(c3ccccc3)c3ccc4c(c3)c3cc5ccccc5cc3n4-c3ccc4ccccc4c3)cc2)cc1. The molecular weight excluding hydrogens is 556 g/mol. The molecular formula is C44H30N2. The van der Waals surface area contributed by atoms with E-state index >= 15 is 0 Å². The summed E-state index contributed by atoms with van der Waals surface area (Å²) in [6.07, 6.45) is 0. The number of para-hydroxylation sites is 1. The molecule has 9 rings (SSSR count). The van der Waals surface area contributed by atoms with Crippen molar-refractivity contribution in [2.24, 2.45) is 0 Å². The van der Waals surface area contributed by atoms with Crippen LogP contribution in [0.3, 0.4) is 0 Å². The minimum absolute atomic E-state index is 1.12. The fraction of sp³-hybridized carbons (Fsp3) is 0. The van der Waals surface area contributed by atoms with E-state index in [4.69, 9.17) is 0 Å². The lowest BCUT2D eigenvalue weighted by molar-refractivity contribution is 1.19. The van der Waals surface area contributed by atoms with Gasteiger partial charge in [-0.1, -0.05) is 115 Å². The van der Waals surface area contributed by atoms with Crippen LogP contribution in [0.4, 0.5) is 17.1 Å². The molecule has 0 fully saturated rings. The molecule has 9 aromatic rings. The van der Waals surface area contributed by atoms with E-state index in [0.29, 0.717) is 0 Å². The first-order valence-corrected chi connectivity index (χ1v) is 15.8. The van der Waals surface area contributed by atoms with Gasteiger partial charge in [-0.15, -0.1) is 0 Å². The lowest BCUT2D eigenvalue weighted by Gasteiger charge is -2.26. The lowest BCUT2D eigenvalue weighted by Crippen LogP contribution is -2.09. The Labute approximate surface area is 268 Å². The van der Waals surface area contributed by atoms with Crippen LogP contribution in [0.25, 0.3) is 60.2 Å². The van der Waals surface area contributed by atoms with Gasteiger partial charge in [-0.25, -0.2) is 0 Å². The number of rotatable bonds is 5. The van der Waals surface area contributed by atoms with Crippen molar-refractivity contribution in [3.63, 3.8) is 0 Å². The zero-order valence-electron chi connectivity index (χ0n) is 25.2. The molecule has 8 aromatic carbocycles. The Kier molecular flexibility index (Phi) is 6.17. The van der Waals surface area contributed by atoms with Gasteiger partial charge in [-0.05, 0) is 99.4 Å². The largest absolute Gasteiger partial charge is 0.310 e. The Bertz CT molecular complexity index is 2510. The van der Waals surface area contributed by atoms with Crippen LogP contribution in [0.15, 0.2) is 182 Å². The highest BCUT2D eigenvalue weighted by atomic mass is 15.1. The average molecular weight is 587 g/mol. The maximum absolute atomic E-state index is 2.43. The van der Waals surface area contributed by atoms with E-state index in [1.807, 2.05) is 0 Å². The zero-order chi connectivity index (χ0) is 30.5. The van der Waals surface area contributed by atoms with Crippen LogP contribution >= 0.6 is 0 Å². The number of nitrogens with zero attached hydrogens (tertiary/aromatic N) is 2. The van der Waals surface area contributed by atoms with Crippen LogP contribution in [0, 0.1) is 0 Å². The van der Waals surface area contributed by atoms with Crippen molar-refractivity contribution in [2.45, 2.75) is 0 Å². The molecule has 2 nitrogen and oxygen atoms in total. The highest BCUT2D eigenvalue weighted by Crippen LogP contribution is 2.41. The molecule has 0 aliphatic rings. The summed E-state index contributed by atoms with van der Waals surface area (Å²) in [5.41, 5.74) is 9.35. The first-order valence-electron chi connectivity index (χ1n) is 15.8. The normalized spacial score (nSPS) is 11.5. The van der Waals surface area contributed by atoms with Crippen LogP contribution in [-0.2, 0) is 0 Å². The van der Waals surface area contributed by atoms with Crippen LogP contribution in [0.2, 0.25) is 0 Å². The second-order valence-electron chi connectivity index (χ2n) is 11.9. The minimum atomic E-state index is 1.12. The third kappa shape index (κ3) is 4.43. The van der Waals surface area contributed by atoms with E-state index in [2.05, 4.69) is 191 Å². The Morgan fingerprint density at radius 3 is 1.61 bits per heavy atom. The summed E-state index contributed by atoms with van der Waals surface area (Å²) < 4.78 is 2.43. The highest BCUT2D eigenvalue weighted by Gasteiger charge is 2.18. The van der Waals surface area contributed by atoms with Gasteiger partial charge >= 0.3 is 0 Å².